The summed E-state index contributed by atoms with van der Waals surface area (Å²) in [4.78, 5) is 83.4. The summed E-state index contributed by atoms with van der Waals surface area (Å²) < 4.78 is 21.7. The predicted molar refractivity (Wildman–Crippen MR) is 167 cm³/mol. The minimum Gasteiger partial charge on any atom is -0.480 e. The van der Waals surface area contributed by atoms with Gasteiger partial charge in [0.15, 0.2) is 0 Å². The molecule has 0 aromatic rings. The van der Waals surface area contributed by atoms with Crippen molar-refractivity contribution >= 4 is 41.3 Å². The van der Waals surface area contributed by atoms with Crippen molar-refractivity contribution in [3.8, 4) is 0 Å². The zero-order valence-corrected chi connectivity index (χ0v) is 27.4. The zero-order valence-electron chi connectivity index (χ0n) is 27.4. The molecule has 1 aliphatic rings. The molecule has 0 saturated heterocycles. The van der Waals surface area contributed by atoms with Crippen LogP contribution in [0.1, 0.15) is 58.8 Å². The SMILES string of the molecule is CC(C)[C@H](CC(=O)CCOCCOCCOCCOCCCC(=O)CCN1C(=O)C=CC1=O)C(=O)N[C@@H](CCCNC(N)=O)C(=O)O. The van der Waals surface area contributed by atoms with Gasteiger partial charge in [0.2, 0.25) is 5.91 Å². The van der Waals surface area contributed by atoms with Crippen LogP contribution in [0.3, 0.4) is 0 Å². The molecule has 0 fully saturated rings. The van der Waals surface area contributed by atoms with E-state index < -0.39 is 41.7 Å². The van der Waals surface area contributed by atoms with E-state index in [4.69, 9.17) is 24.7 Å². The Hall–Kier alpha value is -3.73. The Morgan fingerprint density at radius 1 is 0.787 bits per heavy atom. The number of hydrogen-bond acceptors (Lipinski definition) is 11. The predicted octanol–water partition coefficient (Wildman–Crippen LogP) is 0.357. The number of Topliss-reactive ketones (excluding diaryl/α,β-unsaturated/α-hetero) is 2. The number of aliphatic carboxylic acids is 1. The number of carbonyl (C=O) groups excluding carboxylic acids is 6. The number of ether oxygens (including phenoxy) is 4. The number of hydrogen-bond donors (Lipinski definition) is 4. The molecule has 0 aromatic heterocycles. The second kappa shape index (κ2) is 24.4. The molecule has 16 heteroatoms. The third kappa shape index (κ3) is 19.5. The fraction of sp³-hybridized carbons (Fsp3) is 0.710. The molecule has 266 valence electrons. The summed E-state index contributed by atoms with van der Waals surface area (Å²) in [6.45, 7) is 6.41. The van der Waals surface area contributed by atoms with Crippen LogP contribution in [-0.4, -0.2) is 123 Å². The highest BCUT2D eigenvalue weighted by Crippen LogP contribution is 2.18. The van der Waals surface area contributed by atoms with Crippen LogP contribution in [0.15, 0.2) is 12.2 Å². The van der Waals surface area contributed by atoms with Crippen molar-refractivity contribution in [3.63, 3.8) is 0 Å². The Kier molecular flexibility index (Phi) is 21.5. The fourth-order valence-corrected chi connectivity index (χ4v) is 4.36. The first-order valence-electron chi connectivity index (χ1n) is 15.9. The van der Waals surface area contributed by atoms with Crippen LogP contribution in [0.5, 0.6) is 0 Å². The van der Waals surface area contributed by atoms with Gasteiger partial charge in [-0.1, -0.05) is 13.8 Å². The first-order valence-corrected chi connectivity index (χ1v) is 15.9. The Balaban J connectivity index is 2.03. The summed E-state index contributed by atoms with van der Waals surface area (Å²) in [6.07, 6.45) is 3.82. The molecule has 0 aliphatic carbocycles. The van der Waals surface area contributed by atoms with Crippen LogP contribution in [0, 0.1) is 11.8 Å². The molecule has 0 spiro atoms. The van der Waals surface area contributed by atoms with E-state index in [0.717, 1.165) is 4.90 Å². The van der Waals surface area contributed by atoms with Crippen molar-refractivity contribution in [2.24, 2.45) is 17.6 Å². The van der Waals surface area contributed by atoms with Crippen LogP contribution < -0.4 is 16.4 Å². The monoisotopic (exact) mass is 670 g/mol. The molecule has 0 unspecified atom stereocenters. The number of imide groups is 1. The lowest BCUT2D eigenvalue weighted by molar-refractivity contribution is -0.143. The Labute approximate surface area is 275 Å². The summed E-state index contributed by atoms with van der Waals surface area (Å²) >= 11 is 0. The fourth-order valence-electron chi connectivity index (χ4n) is 4.36. The van der Waals surface area contributed by atoms with E-state index in [9.17, 15) is 38.7 Å². The number of nitrogens with two attached hydrogens (primary N) is 1. The standard InChI is InChI=1S/C31H50N4O12/c1-22(2)25(29(40)34-26(30(41)42)6-3-11-33-31(32)43)21-24(37)10-14-45-16-18-47-20-19-46-17-15-44-13-4-5-23(36)9-12-35-27(38)7-8-28(35)39/h7-8,22,25-26H,3-6,9-21H2,1-2H3,(H,34,40)(H,41,42)(H3,32,33,43)/t25-,26-/m0/s1. The molecule has 47 heavy (non-hydrogen) atoms. The summed E-state index contributed by atoms with van der Waals surface area (Å²) in [7, 11) is 0. The van der Waals surface area contributed by atoms with Gasteiger partial charge >= 0.3 is 12.0 Å². The third-order valence-electron chi connectivity index (χ3n) is 7.07. The molecule has 16 nitrogen and oxygen atoms in total. The van der Waals surface area contributed by atoms with Crippen molar-refractivity contribution in [1.29, 1.82) is 0 Å². The highest BCUT2D eigenvalue weighted by Gasteiger charge is 2.29. The second-order valence-corrected chi connectivity index (χ2v) is 11.2. The minimum atomic E-state index is -1.20. The van der Waals surface area contributed by atoms with Crippen LogP contribution in [0.2, 0.25) is 0 Å². The molecular formula is C31H50N4O12. The number of urea groups is 1. The maximum atomic E-state index is 12.8. The topological polar surface area (TPSA) is 230 Å². The van der Waals surface area contributed by atoms with Gasteiger partial charge in [-0.2, -0.15) is 0 Å². The maximum Gasteiger partial charge on any atom is 0.326 e. The lowest BCUT2D eigenvalue weighted by Crippen LogP contribution is -2.45. The number of nitrogens with one attached hydrogen (secondary N) is 2. The Morgan fingerprint density at radius 2 is 1.34 bits per heavy atom. The summed E-state index contributed by atoms with van der Waals surface area (Å²) in [5, 5.41) is 14.3. The van der Waals surface area contributed by atoms with E-state index in [1.807, 2.05) is 0 Å². The first kappa shape index (κ1) is 41.3. The molecule has 1 rings (SSSR count). The van der Waals surface area contributed by atoms with Gasteiger partial charge < -0.3 is 40.4 Å². The molecule has 0 bridgehead atoms. The van der Waals surface area contributed by atoms with Gasteiger partial charge in [0, 0.05) is 63.4 Å². The number of carboxylic acids is 1. The van der Waals surface area contributed by atoms with Gasteiger partial charge in [0.05, 0.1) is 46.2 Å². The van der Waals surface area contributed by atoms with Gasteiger partial charge in [0.25, 0.3) is 11.8 Å². The van der Waals surface area contributed by atoms with Gasteiger partial charge in [-0.25, -0.2) is 9.59 Å². The Morgan fingerprint density at radius 3 is 1.87 bits per heavy atom. The maximum absolute atomic E-state index is 12.8. The average Bonchev–Trinajstić information content (AvgIpc) is 3.33. The van der Waals surface area contributed by atoms with Gasteiger partial charge in [-0.15, -0.1) is 0 Å². The molecule has 0 aromatic carbocycles. The van der Waals surface area contributed by atoms with E-state index >= 15 is 0 Å². The largest absolute Gasteiger partial charge is 0.480 e. The number of nitrogens with zero attached hydrogens (tertiary/aromatic N) is 1. The van der Waals surface area contributed by atoms with Crippen molar-refractivity contribution in [2.75, 3.05) is 65.9 Å². The lowest BCUT2D eigenvalue weighted by Gasteiger charge is -2.22. The van der Waals surface area contributed by atoms with E-state index in [1.54, 1.807) is 13.8 Å². The molecule has 0 radical (unpaired) electrons. The van der Waals surface area contributed by atoms with Crippen molar-refractivity contribution in [1.82, 2.24) is 15.5 Å². The quantitative estimate of drug-likeness (QED) is 0.0624. The summed E-state index contributed by atoms with van der Waals surface area (Å²) in [5.41, 5.74) is 4.99. The summed E-state index contributed by atoms with van der Waals surface area (Å²) in [5.74, 6) is -3.61. The van der Waals surface area contributed by atoms with Crippen molar-refractivity contribution in [3.05, 3.63) is 12.2 Å². The zero-order chi connectivity index (χ0) is 35.0. The average molecular weight is 671 g/mol. The number of amides is 5. The molecular weight excluding hydrogens is 620 g/mol. The molecule has 0 saturated carbocycles. The number of ketones is 2. The smallest absolute Gasteiger partial charge is 0.326 e. The van der Waals surface area contributed by atoms with Crippen molar-refractivity contribution in [2.45, 2.75) is 64.8 Å². The van der Waals surface area contributed by atoms with E-state index in [1.165, 1.54) is 12.2 Å². The number of carbonyl (C=O) groups is 7. The van der Waals surface area contributed by atoms with Gasteiger partial charge in [0.1, 0.15) is 17.6 Å². The normalized spacial score (nSPS) is 14.0. The lowest BCUT2D eigenvalue weighted by atomic mass is 9.89. The molecule has 5 N–H and O–H groups in total. The number of carboxylic acid groups (broad SMARTS) is 1. The van der Waals surface area contributed by atoms with E-state index in [-0.39, 0.29) is 69.5 Å². The molecule has 1 heterocycles. The van der Waals surface area contributed by atoms with E-state index in [2.05, 4.69) is 10.6 Å². The Bertz CT molecular complexity index is 1050. The van der Waals surface area contributed by atoms with Crippen LogP contribution in [0.25, 0.3) is 0 Å². The molecule has 2 atom stereocenters. The van der Waals surface area contributed by atoms with Crippen LogP contribution >= 0.6 is 0 Å². The van der Waals surface area contributed by atoms with Gasteiger partial charge in [-0.05, 0) is 25.2 Å². The highest BCUT2D eigenvalue weighted by atomic mass is 16.6. The van der Waals surface area contributed by atoms with Gasteiger partial charge in [-0.3, -0.25) is 28.9 Å². The van der Waals surface area contributed by atoms with E-state index in [0.29, 0.717) is 58.9 Å². The first-order chi connectivity index (χ1) is 22.4. The number of primary amides is 1. The molecule has 5 amide bonds. The minimum absolute atomic E-state index is 0.0386. The van der Waals surface area contributed by atoms with Crippen LogP contribution in [0.4, 0.5) is 4.79 Å². The number of rotatable bonds is 29. The van der Waals surface area contributed by atoms with Crippen LogP contribution in [-0.2, 0) is 47.7 Å². The summed E-state index contributed by atoms with van der Waals surface area (Å²) in [6, 6.07) is -1.87. The molecule has 1 aliphatic heterocycles. The third-order valence-corrected chi connectivity index (χ3v) is 7.07. The second-order valence-electron chi connectivity index (χ2n) is 11.2. The highest BCUT2D eigenvalue weighted by molar-refractivity contribution is 6.13. The van der Waals surface area contributed by atoms with Crippen molar-refractivity contribution < 1.29 is 57.6 Å².